The van der Waals surface area contributed by atoms with Crippen molar-refractivity contribution < 1.29 is 4.55 Å². The molecule has 0 bridgehead atoms. The summed E-state index contributed by atoms with van der Waals surface area (Å²) in [7, 11) is 0. The van der Waals surface area contributed by atoms with Crippen LogP contribution in [0.3, 0.4) is 0 Å². The quantitative estimate of drug-likeness (QED) is 0.411. The second-order valence-corrected chi connectivity index (χ2v) is 1.64. The molecule has 0 saturated heterocycles. The van der Waals surface area contributed by atoms with Gasteiger partial charge in [-0.15, -0.1) is 0 Å². The number of nitrogens with one attached hydrogen (secondary N) is 1. The van der Waals surface area contributed by atoms with E-state index in [4.69, 9.17) is 4.55 Å². The van der Waals surface area contributed by atoms with Crippen LogP contribution < -0.4 is 4.13 Å². The Morgan fingerprint density at radius 1 is 1.80 bits per heavy atom. The molecule has 0 amide bonds. The van der Waals surface area contributed by atoms with Crippen LogP contribution in [0.15, 0.2) is 0 Å². The van der Waals surface area contributed by atoms with Gasteiger partial charge in [0.2, 0.25) is 0 Å². The average Bonchev–Trinajstić information content (AvgIpc) is 1.41. The monoisotopic (exact) mass is 111 g/mol. The molecule has 4 heteroatoms. The van der Waals surface area contributed by atoms with Gasteiger partial charge in [-0.05, 0) is 6.26 Å². The first-order chi connectivity index (χ1) is 2.41. The highest BCUT2D eigenvalue weighted by Gasteiger charge is 1.65. The van der Waals surface area contributed by atoms with Gasteiger partial charge in [0.05, 0.1) is 12.2 Å². The fraction of sp³-hybridized carbons (Fsp3) is 1.00. The minimum absolute atomic E-state index is 0.615. The molecule has 0 aliphatic carbocycles. The van der Waals surface area contributed by atoms with Crippen LogP contribution in [0.1, 0.15) is 0 Å². The minimum atomic E-state index is 0.615. The third-order valence-corrected chi connectivity index (χ3v) is 1.09. The van der Waals surface area contributed by atoms with Crippen molar-refractivity contribution >= 4 is 24.2 Å². The molecular weight excluding hydrogens is 106 g/mol. The molecule has 0 radical (unpaired) electrons. The summed E-state index contributed by atoms with van der Waals surface area (Å²) >= 11 is 1.98. The molecule has 2 nitrogen and oxygen atoms in total. The van der Waals surface area contributed by atoms with Crippen LogP contribution in [0.2, 0.25) is 0 Å². The summed E-state index contributed by atoms with van der Waals surface area (Å²) < 4.78 is 10.4. The fourth-order valence-corrected chi connectivity index (χ4v) is 0.335. The molecule has 0 heterocycles. The van der Waals surface area contributed by atoms with E-state index < -0.39 is 0 Å². The van der Waals surface area contributed by atoms with Crippen molar-refractivity contribution in [1.29, 1.82) is 0 Å². The highest BCUT2D eigenvalue weighted by Crippen LogP contribution is 1.89. The van der Waals surface area contributed by atoms with Crippen LogP contribution in [0.25, 0.3) is 0 Å². The lowest BCUT2D eigenvalue weighted by molar-refractivity contribution is 0.662. The van der Waals surface area contributed by atoms with E-state index in [0.29, 0.717) is 12.2 Å². The predicted octanol–water partition coefficient (Wildman–Crippen LogP) is 0.975. The van der Waals surface area contributed by atoms with Gasteiger partial charge in [0, 0.05) is 0 Å². The van der Waals surface area contributed by atoms with E-state index in [9.17, 15) is 0 Å². The largest absolute Gasteiger partial charge is 0.316 e. The van der Waals surface area contributed by atoms with Crippen molar-refractivity contribution in [3.8, 4) is 0 Å². The van der Waals surface area contributed by atoms with Crippen molar-refractivity contribution in [2.45, 2.75) is 0 Å². The van der Waals surface area contributed by atoms with Crippen molar-refractivity contribution in [1.82, 2.24) is 4.13 Å². The zero-order valence-electron chi connectivity index (χ0n) is 2.76. The Labute approximate surface area is 39.8 Å². The summed E-state index contributed by atoms with van der Waals surface area (Å²) in [5.74, 6) is 0. The summed E-state index contributed by atoms with van der Waals surface area (Å²) in [6.07, 6.45) is 1.84. The lowest BCUT2D eigenvalue weighted by Crippen LogP contribution is -1.81. The first kappa shape index (κ1) is 5.62. The Bertz CT molecular complexity index is 17.1. The number of hydrogen-bond acceptors (Lipinski definition) is 4. The van der Waals surface area contributed by atoms with Gasteiger partial charge in [-0.1, -0.05) is 11.9 Å². The molecule has 0 aromatic rings. The molecule has 0 saturated carbocycles. The minimum Gasteiger partial charge on any atom is -0.316 e. The van der Waals surface area contributed by atoms with Gasteiger partial charge >= 0.3 is 0 Å². The Balaban J connectivity index is 2.19. The molecular formula is CH5NOS2. The van der Waals surface area contributed by atoms with Crippen LogP contribution >= 0.6 is 24.2 Å². The van der Waals surface area contributed by atoms with Gasteiger partial charge in [0.25, 0.3) is 0 Å². The summed E-state index contributed by atoms with van der Waals surface area (Å²) in [4.78, 5) is 0. The number of rotatable bonds is 2. The lowest BCUT2D eigenvalue weighted by Gasteiger charge is -1.82. The Kier molecular flexibility index (Phi) is 5.19. The standard InChI is InChI=1S/CH5NOS2/c1-4-2-5-3/h2-3H,1H3. The lowest BCUT2D eigenvalue weighted by atomic mass is 12.0. The molecule has 0 aromatic heterocycles. The van der Waals surface area contributed by atoms with Crippen molar-refractivity contribution in [3.05, 3.63) is 0 Å². The van der Waals surface area contributed by atoms with E-state index in [1.54, 1.807) is 0 Å². The third kappa shape index (κ3) is 4.62. The second kappa shape index (κ2) is 4.62. The first-order valence-corrected chi connectivity index (χ1v) is 3.00. The molecule has 0 aliphatic rings. The molecule has 0 spiro atoms. The van der Waals surface area contributed by atoms with Gasteiger partial charge in [-0.25, -0.2) is 0 Å². The Morgan fingerprint density at radius 2 is 2.40 bits per heavy atom. The highest BCUT2D eigenvalue weighted by molar-refractivity contribution is 8.09. The zero-order valence-corrected chi connectivity index (χ0v) is 4.40. The van der Waals surface area contributed by atoms with E-state index in [1.165, 1.54) is 11.9 Å². The molecule has 5 heavy (non-hydrogen) atoms. The molecule has 32 valence electrons. The summed E-state index contributed by atoms with van der Waals surface area (Å²) in [5.41, 5.74) is 0. The van der Waals surface area contributed by atoms with E-state index in [2.05, 4.69) is 4.13 Å². The SMILES string of the molecule is CSNSO. The van der Waals surface area contributed by atoms with Crippen LogP contribution in [0, 0.1) is 0 Å². The molecule has 0 fully saturated rings. The van der Waals surface area contributed by atoms with E-state index in [1.807, 2.05) is 6.26 Å². The van der Waals surface area contributed by atoms with Crippen molar-refractivity contribution in [2.24, 2.45) is 0 Å². The maximum absolute atomic E-state index is 7.85. The Hall–Kier alpha value is 0.620. The zero-order chi connectivity index (χ0) is 4.12. The molecule has 2 N–H and O–H groups in total. The topological polar surface area (TPSA) is 32.3 Å². The van der Waals surface area contributed by atoms with Gasteiger partial charge < -0.3 is 4.55 Å². The fourth-order valence-electron chi connectivity index (χ4n) is 0.0373. The highest BCUT2D eigenvalue weighted by atomic mass is 32.2. The second-order valence-electron chi connectivity index (χ2n) is 0.379. The smallest absolute Gasteiger partial charge is 0.0870 e. The Morgan fingerprint density at radius 3 is 2.40 bits per heavy atom. The van der Waals surface area contributed by atoms with E-state index in [-0.39, 0.29) is 0 Å². The van der Waals surface area contributed by atoms with Crippen LogP contribution in [0.4, 0.5) is 0 Å². The number of hydrogen-bond donors (Lipinski definition) is 2. The van der Waals surface area contributed by atoms with Crippen LogP contribution in [0.5, 0.6) is 0 Å². The van der Waals surface area contributed by atoms with Crippen LogP contribution in [-0.4, -0.2) is 10.8 Å². The summed E-state index contributed by atoms with van der Waals surface area (Å²) in [6, 6.07) is 0. The molecule has 0 aliphatic heterocycles. The summed E-state index contributed by atoms with van der Waals surface area (Å²) in [6.45, 7) is 0. The van der Waals surface area contributed by atoms with Crippen molar-refractivity contribution in [2.75, 3.05) is 6.26 Å². The molecule has 0 atom stereocenters. The predicted molar refractivity (Wildman–Crippen MR) is 26.9 cm³/mol. The van der Waals surface area contributed by atoms with Gasteiger partial charge in [0.1, 0.15) is 0 Å². The van der Waals surface area contributed by atoms with Gasteiger partial charge in [0.15, 0.2) is 0 Å². The van der Waals surface area contributed by atoms with Gasteiger partial charge in [-0.3, -0.25) is 0 Å². The first-order valence-electron chi connectivity index (χ1n) is 0.999. The van der Waals surface area contributed by atoms with E-state index >= 15 is 0 Å². The molecule has 0 rings (SSSR count). The summed E-state index contributed by atoms with van der Waals surface area (Å²) in [5, 5.41) is 0. The molecule has 0 unspecified atom stereocenters. The molecule has 0 aromatic carbocycles. The third-order valence-electron chi connectivity index (χ3n) is 0.121. The average molecular weight is 111 g/mol. The van der Waals surface area contributed by atoms with Gasteiger partial charge in [-0.2, -0.15) is 4.13 Å². The maximum atomic E-state index is 7.85. The maximum Gasteiger partial charge on any atom is 0.0870 e. The van der Waals surface area contributed by atoms with Crippen LogP contribution in [-0.2, 0) is 0 Å². The van der Waals surface area contributed by atoms with Crippen molar-refractivity contribution in [3.63, 3.8) is 0 Å². The normalized spacial score (nSPS) is 8.40. The van der Waals surface area contributed by atoms with E-state index in [0.717, 1.165) is 0 Å².